The van der Waals surface area contributed by atoms with E-state index in [2.05, 4.69) is 11.1 Å². The van der Waals surface area contributed by atoms with E-state index in [0.29, 0.717) is 5.56 Å². The van der Waals surface area contributed by atoms with Gasteiger partial charge in [0.25, 0.3) is 0 Å². The van der Waals surface area contributed by atoms with E-state index >= 15 is 0 Å². The topological polar surface area (TPSA) is 67.6 Å². The zero-order chi connectivity index (χ0) is 14.1. The Kier molecular flexibility index (Phi) is 2.97. The minimum atomic E-state index is -0.187. The van der Waals surface area contributed by atoms with Crippen molar-refractivity contribution in [1.82, 2.24) is 9.55 Å². The molecule has 3 rings (SSSR count). The molecule has 0 aliphatic heterocycles. The molecular weight excluding hydrogens is 248 g/mol. The highest BCUT2D eigenvalue weighted by Crippen LogP contribution is 2.25. The SMILES string of the molecule is CC(N)c1nc2ccc(C#N)cc2n1-c1ccccc1. The molecule has 98 valence electrons. The first-order chi connectivity index (χ1) is 9.70. The van der Waals surface area contributed by atoms with Crippen molar-refractivity contribution < 1.29 is 0 Å². The fourth-order valence-corrected chi connectivity index (χ4v) is 2.32. The molecule has 3 aromatic rings. The molecule has 0 spiro atoms. The Morgan fingerprint density at radius 1 is 1.20 bits per heavy atom. The normalized spacial score (nSPS) is 12.2. The van der Waals surface area contributed by atoms with Crippen molar-refractivity contribution in [2.75, 3.05) is 0 Å². The molecule has 0 aliphatic carbocycles. The molecule has 1 heterocycles. The number of aromatic nitrogens is 2. The molecule has 2 aromatic carbocycles. The predicted octanol–water partition coefficient (Wildman–Crippen LogP) is 2.92. The summed E-state index contributed by atoms with van der Waals surface area (Å²) in [5, 5.41) is 9.07. The molecular formula is C16H14N4. The van der Waals surface area contributed by atoms with E-state index in [1.807, 2.05) is 54.0 Å². The first-order valence-electron chi connectivity index (χ1n) is 6.44. The van der Waals surface area contributed by atoms with Gasteiger partial charge in [0.05, 0.1) is 28.7 Å². The Labute approximate surface area is 117 Å². The van der Waals surface area contributed by atoms with Crippen LogP contribution in [0.2, 0.25) is 0 Å². The molecule has 4 nitrogen and oxygen atoms in total. The average molecular weight is 262 g/mol. The minimum Gasteiger partial charge on any atom is -0.322 e. The molecule has 1 atom stereocenters. The van der Waals surface area contributed by atoms with Crippen LogP contribution < -0.4 is 5.73 Å². The molecule has 0 aliphatic rings. The van der Waals surface area contributed by atoms with Gasteiger partial charge >= 0.3 is 0 Å². The number of nitriles is 1. The van der Waals surface area contributed by atoms with Gasteiger partial charge in [-0.3, -0.25) is 4.57 Å². The van der Waals surface area contributed by atoms with Gasteiger partial charge in [0.2, 0.25) is 0 Å². The lowest BCUT2D eigenvalue weighted by Gasteiger charge is -2.11. The third-order valence-corrected chi connectivity index (χ3v) is 3.23. The molecule has 2 N–H and O–H groups in total. The van der Waals surface area contributed by atoms with Crippen molar-refractivity contribution in [1.29, 1.82) is 5.26 Å². The van der Waals surface area contributed by atoms with Gasteiger partial charge in [-0.15, -0.1) is 0 Å². The van der Waals surface area contributed by atoms with Gasteiger partial charge in [0, 0.05) is 5.69 Å². The first kappa shape index (κ1) is 12.4. The zero-order valence-corrected chi connectivity index (χ0v) is 11.1. The van der Waals surface area contributed by atoms with Crippen LogP contribution >= 0.6 is 0 Å². The summed E-state index contributed by atoms with van der Waals surface area (Å²) in [4.78, 5) is 4.59. The monoisotopic (exact) mass is 262 g/mol. The summed E-state index contributed by atoms with van der Waals surface area (Å²) in [5.74, 6) is 0.793. The van der Waals surface area contributed by atoms with Crippen molar-refractivity contribution in [3.8, 4) is 11.8 Å². The lowest BCUT2D eigenvalue weighted by Crippen LogP contribution is -2.12. The van der Waals surface area contributed by atoms with E-state index in [1.165, 1.54) is 0 Å². The fourth-order valence-electron chi connectivity index (χ4n) is 2.32. The maximum atomic E-state index is 9.07. The van der Waals surface area contributed by atoms with Crippen LogP contribution in [0.1, 0.15) is 24.4 Å². The summed E-state index contributed by atoms with van der Waals surface area (Å²) in [6, 6.07) is 17.4. The van der Waals surface area contributed by atoms with Gasteiger partial charge in [0.1, 0.15) is 5.82 Å². The third-order valence-electron chi connectivity index (χ3n) is 3.23. The highest BCUT2D eigenvalue weighted by Gasteiger charge is 2.15. The predicted molar refractivity (Wildman–Crippen MR) is 78.4 cm³/mol. The molecule has 1 unspecified atom stereocenters. The van der Waals surface area contributed by atoms with Crippen molar-refractivity contribution >= 4 is 11.0 Å². The van der Waals surface area contributed by atoms with Gasteiger partial charge < -0.3 is 5.73 Å². The number of nitrogens with zero attached hydrogens (tertiary/aromatic N) is 3. The van der Waals surface area contributed by atoms with E-state index in [4.69, 9.17) is 11.0 Å². The molecule has 0 saturated heterocycles. The van der Waals surface area contributed by atoms with Gasteiger partial charge in [-0.1, -0.05) is 18.2 Å². The second-order valence-corrected chi connectivity index (χ2v) is 4.74. The standard InChI is InChI=1S/C16H14N4/c1-11(18)16-19-14-8-7-12(10-17)9-15(14)20(16)13-5-3-2-4-6-13/h2-9,11H,18H2,1H3. The number of benzene rings is 2. The Hall–Kier alpha value is -2.64. The van der Waals surface area contributed by atoms with Crippen LogP contribution in [-0.2, 0) is 0 Å². The highest BCUT2D eigenvalue weighted by atomic mass is 15.1. The van der Waals surface area contributed by atoms with Crippen LogP contribution in [0.5, 0.6) is 0 Å². The second kappa shape index (κ2) is 4.80. The summed E-state index contributed by atoms with van der Waals surface area (Å²) in [6.07, 6.45) is 0. The van der Waals surface area contributed by atoms with Crippen LogP contribution in [0.25, 0.3) is 16.7 Å². The highest BCUT2D eigenvalue weighted by molar-refractivity contribution is 5.80. The zero-order valence-electron chi connectivity index (χ0n) is 11.1. The number of para-hydroxylation sites is 1. The van der Waals surface area contributed by atoms with Crippen LogP contribution in [0.3, 0.4) is 0 Å². The first-order valence-corrected chi connectivity index (χ1v) is 6.44. The average Bonchev–Trinajstić information content (AvgIpc) is 2.86. The summed E-state index contributed by atoms with van der Waals surface area (Å²) in [5.41, 5.74) is 9.40. The van der Waals surface area contributed by atoms with E-state index in [0.717, 1.165) is 22.5 Å². The lowest BCUT2D eigenvalue weighted by atomic mass is 10.2. The van der Waals surface area contributed by atoms with Crippen LogP contribution in [0.15, 0.2) is 48.5 Å². The quantitative estimate of drug-likeness (QED) is 0.772. The van der Waals surface area contributed by atoms with E-state index in [1.54, 1.807) is 6.07 Å². The number of imidazole rings is 1. The van der Waals surface area contributed by atoms with E-state index in [-0.39, 0.29) is 6.04 Å². The second-order valence-electron chi connectivity index (χ2n) is 4.74. The number of rotatable bonds is 2. The maximum Gasteiger partial charge on any atom is 0.131 e. The number of hydrogen-bond donors (Lipinski definition) is 1. The Bertz CT molecular complexity index is 794. The minimum absolute atomic E-state index is 0.187. The van der Waals surface area contributed by atoms with Crippen LogP contribution in [-0.4, -0.2) is 9.55 Å². The molecule has 20 heavy (non-hydrogen) atoms. The van der Waals surface area contributed by atoms with Crippen molar-refractivity contribution in [3.63, 3.8) is 0 Å². The fraction of sp³-hybridized carbons (Fsp3) is 0.125. The Balaban J connectivity index is 2.37. The molecule has 1 aromatic heterocycles. The van der Waals surface area contributed by atoms with Gasteiger partial charge in [-0.25, -0.2) is 4.98 Å². The van der Waals surface area contributed by atoms with Crippen molar-refractivity contribution in [3.05, 3.63) is 59.9 Å². The molecule has 0 fully saturated rings. The summed E-state index contributed by atoms with van der Waals surface area (Å²) in [6.45, 7) is 1.91. The van der Waals surface area contributed by atoms with E-state index < -0.39 is 0 Å². The van der Waals surface area contributed by atoms with E-state index in [9.17, 15) is 0 Å². The summed E-state index contributed by atoms with van der Waals surface area (Å²) >= 11 is 0. The number of hydrogen-bond acceptors (Lipinski definition) is 3. The molecule has 0 radical (unpaired) electrons. The molecule has 0 bridgehead atoms. The Morgan fingerprint density at radius 3 is 2.60 bits per heavy atom. The molecule has 4 heteroatoms. The van der Waals surface area contributed by atoms with Gasteiger partial charge in [-0.05, 0) is 37.3 Å². The number of nitrogens with two attached hydrogens (primary N) is 1. The van der Waals surface area contributed by atoms with Gasteiger partial charge in [-0.2, -0.15) is 5.26 Å². The Morgan fingerprint density at radius 2 is 1.95 bits per heavy atom. The lowest BCUT2D eigenvalue weighted by molar-refractivity contribution is 0.727. The van der Waals surface area contributed by atoms with Gasteiger partial charge in [0.15, 0.2) is 0 Å². The summed E-state index contributed by atoms with van der Waals surface area (Å²) in [7, 11) is 0. The maximum absolute atomic E-state index is 9.07. The van der Waals surface area contributed by atoms with Crippen molar-refractivity contribution in [2.24, 2.45) is 5.73 Å². The van der Waals surface area contributed by atoms with Crippen LogP contribution in [0.4, 0.5) is 0 Å². The smallest absolute Gasteiger partial charge is 0.131 e. The third kappa shape index (κ3) is 1.94. The number of fused-ring (bicyclic) bond motifs is 1. The summed E-state index contributed by atoms with van der Waals surface area (Å²) < 4.78 is 2.01. The molecule has 0 amide bonds. The van der Waals surface area contributed by atoms with Crippen LogP contribution in [0, 0.1) is 11.3 Å². The molecule has 0 saturated carbocycles. The van der Waals surface area contributed by atoms with Crippen molar-refractivity contribution in [2.45, 2.75) is 13.0 Å². The largest absolute Gasteiger partial charge is 0.322 e.